The molecule has 1 aliphatic carbocycles. The van der Waals surface area contributed by atoms with Crippen LogP contribution in [0.2, 0.25) is 0 Å². The fourth-order valence-corrected chi connectivity index (χ4v) is 1.79. The van der Waals surface area contributed by atoms with Crippen molar-refractivity contribution >= 4 is 5.69 Å². The van der Waals surface area contributed by atoms with Crippen molar-refractivity contribution < 1.29 is 9.31 Å². The summed E-state index contributed by atoms with van der Waals surface area (Å²) in [5.74, 6) is -0.775. The van der Waals surface area contributed by atoms with Gasteiger partial charge >= 0.3 is 5.69 Å². The molecule has 1 aliphatic rings. The molecule has 0 saturated carbocycles. The van der Waals surface area contributed by atoms with Crippen LogP contribution in [0.1, 0.15) is 23.6 Å². The predicted molar refractivity (Wildman–Crippen MR) is 48.3 cm³/mol. The molecule has 0 amide bonds. The molecule has 0 spiro atoms. The highest BCUT2D eigenvalue weighted by Gasteiger charge is 2.25. The Morgan fingerprint density at radius 3 is 2.93 bits per heavy atom. The molecule has 1 unspecified atom stereocenters. The second-order valence-corrected chi connectivity index (χ2v) is 3.40. The summed E-state index contributed by atoms with van der Waals surface area (Å²) in [5.41, 5.74) is 6.73. The van der Waals surface area contributed by atoms with Gasteiger partial charge in [-0.05, 0) is 30.0 Å². The van der Waals surface area contributed by atoms with Crippen LogP contribution in [-0.4, -0.2) is 4.92 Å². The predicted octanol–water partition coefficient (Wildman–Crippen LogP) is 1.68. The van der Waals surface area contributed by atoms with Crippen molar-refractivity contribution in [3.05, 3.63) is 39.2 Å². The third kappa shape index (κ3) is 1.26. The van der Waals surface area contributed by atoms with Crippen LogP contribution in [0.3, 0.4) is 0 Å². The monoisotopic (exact) mass is 196 g/mol. The Morgan fingerprint density at radius 1 is 1.57 bits per heavy atom. The van der Waals surface area contributed by atoms with Gasteiger partial charge < -0.3 is 5.73 Å². The summed E-state index contributed by atoms with van der Waals surface area (Å²) in [4.78, 5) is 9.73. The zero-order valence-corrected chi connectivity index (χ0v) is 7.37. The Hall–Kier alpha value is -1.49. The number of nitrogens with zero attached hydrogens (tertiary/aromatic N) is 1. The van der Waals surface area contributed by atoms with Crippen LogP contribution in [0.25, 0.3) is 0 Å². The Morgan fingerprint density at radius 2 is 2.29 bits per heavy atom. The lowest BCUT2D eigenvalue weighted by atomic mass is 10.1. The van der Waals surface area contributed by atoms with E-state index in [4.69, 9.17) is 5.73 Å². The number of nitro benzene ring substituents is 1. The molecule has 14 heavy (non-hydrogen) atoms. The molecule has 0 heterocycles. The van der Waals surface area contributed by atoms with Crippen molar-refractivity contribution in [3.8, 4) is 0 Å². The van der Waals surface area contributed by atoms with E-state index in [1.165, 1.54) is 12.1 Å². The van der Waals surface area contributed by atoms with Gasteiger partial charge in [-0.15, -0.1) is 0 Å². The van der Waals surface area contributed by atoms with Crippen LogP contribution < -0.4 is 5.73 Å². The SMILES string of the molecule is NC1CCc2cc(F)c([N+](=O)[O-])cc21. The molecular formula is C9H9FN2O2. The number of halogens is 1. The summed E-state index contributed by atoms with van der Waals surface area (Å²) in [6.07, 6.45) is 1.43. The van der Waals surface area contributed by atoms with Crippen LogP contribution in [0.4, 0.5) is 10.1 Å². The Balaban J connectivity index is 2.57. The lowest BCUT2D eigenvalue weighted by molar-refractivity contribution is -0.387. The largest absolute Gasteiger partial charge is 0.324 e. The maximum atomic E-state index is 13.1. The summed E-state index contributed by atoms with van der Waals surface area (Å²) in [7, 11) is 0. The molecule has 0 fully saturated rings. The molecule has 2 N–H and O–H groups in total. The first-order chi connectivity index (χ1) is 6.59. The van der Waals surface area contributed by atoms with Crippen LogP contribution in [-0.2, 0) is 6.42 Å². The summed E-state index contributed by atoms with van der Waals surface area (Å²) >= 11 is 0. The maximum Gasteiger partial charge on any atom is 0.305 e. The second kappa shape index (κ2) is 3.02. The Bertz CT molecular complexity index is 406. The number of rotatable bonds is 1. The zero-order chi connectivity index (χ0) is 10.3. The molecular weight excluding hydrogens is 187 g/mol. The van der Waals surface area contributed by atoms with Crippen molar-refractivity contribution in [1.29, 1.82) is 0 Å². The molecule has 1 atom stereocenters. The van der Waals surface area contributed by atoms with Crippen molar-refractivity contribution in [2.75, 3.05) is 0 Å². The molecule has 0 radical (unpaired) electrons. The Labute approximate surface area is 79.7 Å². The molecule has 0 aromatic heterocycles. The summed E-state index contributed by atoms with van der Waals surface area (Å²) in [6.45, 7) is 0. The molecule has 74 valence electrons. The lowest BCUT2D eigenvalue weighted by Crippen LogP contribution is -2.06. The molecule has 4 nitrogen and oxygen atoms in total. The average Bonchev–Trinajstić information content (AvgIpc) is 2.46. The minimum absolute atomic E-state index is 0.190. The molecule has 5 heteroatoms. The first kappa shape index (κ1) is 9.08. The minimum Gasteiger partial charge on any atom is -0.324 e. The third-order valence-electron chi connectivity index (χ3n) is 2.53. The third-order valence-corrected chi connectivity index (χ3v) is 2.53. The van der Waals surface area contributed by atoms with E-state index >= 15 is 0 Å². The van der Waals surface area contributed by atoms with Crippen molar-refractivity contribution in [3.63, 3.8) is 0 Å². The maximum absolute atomic E-state index is 13.1. The molecule has 0 saturated heterocycles. The highest BCUT2D eigenvalue weighted by Crippen LogP contribution is 2.33. The highest BCUT2D eigenvalue weighted by atomic mass is 19.1. The second-order valence-electron chi connectivity index (χ2n) is 3.40. The van der Waals surface area contributed by atoms with E-state index in [-0.39, 0.29) is 6.04 Å². The molecule has 1 aromatic rings. The van der Waals surface area contributed by atoms with Crippen molar-refractivity contribution in [2.45, 2.75) is 18.9 Å². The van der Waals surface area contributed by atoms with Gasteiger partial charge in [-0.25, -0.2) is 0 Å². The first-order valence-corrected chi connectivity index (χ1v) is 4.32. The molecule has 0 bridgehead atoms. The topological polar surface area (TPSA) is 69.2 Å². The number of fused-ring (bicyclic) bond motifs is 1. The number of nitro groups is 1. The van der Waals surface area contributed by atoms with Gasteiger partial charge in [0.2, 0.25) is 5.82 Å². The lowest BCUT2D eigenvalue weighted by Gasteiger charge is -2.04. The number of hydrogen-bond acceptors (Lipinski definition) is 3. The van der Waals surface area contributed by atoms with Gasteiger partial charge in [0.1, 0.15) is 0 Å². The van der Waals surface area contributed by atoms with E-state index in [1.54, 1.807) is 0 Å². The number of hydrogen-bond donors (Lipinski definition) is 1. The van der Waals surface area contributed by atoms with Gasteiger partial charge in [0.15, 0.2) is 0 Å². The van der Waals surface area contributed by atoms with E-state index < -0.39 is 16.4 Å². The van der Waals surface area contributed by atoms with Crippen molar-refractivity contribution in [2.24, 2.45) is 5.73 Å². The van der Waals surface area contributed by atoms with Crippen LogP contribution in [0.5, 0.6) is 0 Å². The minimum atomic E-state index is -0.775. The zero-order valence-electron chi connectivity index (χ0n) is 7.37. The number of nitrogens with two attached hydrogens (primary N) is 1. The van der Waals surface area contributed by atoms with Crippen molar-refractivity contribution in [1.82, 2.24) is 0 Å². The summed E-state index contributed by atoms with van der Waals surface area (Å²) in [5, 5.41) is 10.5. The van der Waals surface area contributed by atoms with Gasteiger partial charge in [0.05, 0.1) is 4.92 Å². The molecule has 1 aromatic carbocycles. The quantitative estimate of drug-likeness (QED) is 0.548. The van der Waals surface area contributed by atoms with Crippen LogP contribution in [0, 0.1) is 15.9 Å². The smallest absolute Gasteiger partial charge is 0.305 e. The average molecular weight is 196 g/mol. The van der Waals surface area contributed by atoms with E-state index in [0.717, 1.165) is 12.0 Å². The first-order valence-electron chi connectivity index (χ1n) is 4.32. The number of aryl methyl sites for hydroxylation is 1. The van der Waals surface area contributed by atoms with E-state index in [2.05, 4.69) is 0 Å². The normalized spacial score (nSPS) is 19.4. The van der Waals surface area contributed by atoms with Gasteiger partial charge in [0.25, 0.3) is 0 Å². The molecule has 0 aliphatic heterocycles. The Kier molecular flexibility index (Phi) is 1.96. The van der Waals surface area contributed by atoms with E-state index in [1.807, 2.05) is 0 Å². The highest BCUT2D eigenvalue weighted by molar-refractivity contribution is 5.45. The van der Waals surface area contributed by atoms with Crippen LogP contribution >= 0.6 is 0 Å². The van der Waals surface area contributed by atoms with E-state index in [0.29, 0.717) is 12.0 Å². The summed E-state index contributed by atoms with van der Waals surface area (Å²) in [6, 6.07) is 2.28. The van der Waals surface area contributed by atoms with Gasteiger partial charge in [-0.1, -0.05) is 0 Å². The fraction of sp³-hybridized carbons (Fsp3) is 0.333. The van der Waals surface area contributed by atoms with E-state index in [9.17, 15) is 14.5 Å². The van der Waals surface area contributed by atoms with Gasteiger partial charge in [-0.2, -0.15) is 4.39 Å². The molecule has 2 rings (SSSR count). The number of benzene rings is 1. The summed E-state index contributed by atoms with van der Waals surface area (Å²) < 4.78 is 13.1. The standard InChI is InChI=1S/C9H9FN2O2/c10-7-3-5-1-2-8(11)6(5)4-9(7)12(13)14/h3-4,8H,1-2,11H2. The fourth-order valence-electron chi connectivity index (χ4n) is 1.79. The van der Waals surface area contributed by atoms with Gasteiger partial charge in [-0.3, -0.25) is 10.1 Å². The van der Waals surface area contributed by atoms with Gasteiger partial charge in [0, 0.05) is 12.1 Å². The van der Waals surface area contributed by atoms with Crippen LogP contribution in [0.15, 0.2) is 12.1 Å².